The summed E-state index contributed by atoms with van der Waals surface area (Å²) in [4.78, 5) is 0. The Morgan fingerprint density at radius 3 is 2.53 bits per heavy atom. The van der Waals surface area contributed by atoms with Crippen LogP contribution in [0.3, 0.4) is 0 Å². The van der Waals surface area contributed by atoms with Gasteiger partial charge in [0.1, 0.15) is 0 Å². The lowest BCUT2D eigenvalue weighted by Gasteiger charge is -2.29. The molecule has 0 aromatic heterocycles. The van der Waals surface area contributed by atoms with E-state index in [1.807, 2.05) is 0 Å². The second-order valence-electron chi connectivity index (χ2n) is 5.65. The van der Waals surface area contributed by atoms with Gasteiger partial charge in [-0.3, -0.25) is 0 Å². The van der Waals surface area contributed by atoms with Gasteiger partial charge in [0.25, 0.3) is 0 Å². The topological polar surface area (TPSA) is 0 Å². The van der Waals surface area contributed by atoms with Gasteiger partial charge in [-0.15, -0.1) is 0 Å². The van der Waals surface area contributed by atoms with Gasteiger partial charge in [0.05, 0.1) is 0 Å². The van der Waals surface area contributed by atoms with Gasteiger partial charge in [0.15, 0.2) is 0 Å². The smallest absolute Gasteiger partial charge is 0.0159 e. The summed E-state index contributed by atoms with van der Waals surface area (Å²) in [7, 11) is 0. The molecule has 0 amide bonds. The van der Waals surface area contributed by atoms with E-state index in [1.165, 1.54) is 44.9 Å². The number of benzene rings is 1. The van der Waals surface area contributed by atoms with Gasteiger partial charge in [-0.25, -0.2) is 0 Å². The highest BCUT2D eigenvalue weighted by molar-refractivity contribution is 5.35. The molecule has 0 heterocycles. The van der Waals surface area contributed by atoms with Crippen LogP contribution < -0.4 is 0 Å². The number of rotatable bonds is 5. The molecule has 1 aliphatic carbocycles. The van der Waals surface area contributed by atoms with E-state index in [0.29, 0.717) is 0 Å². The second-order valence-corrected chi connectivity index (χ2v) is 5.65. The molecule has 0 bridgehead atoms. The minimum absolute atomic E-state index is 0.776. The Morgan fingerprint density at radius 2 is 1.76 bits per heavy atom. The number of unbranched alkanes of at least 4 members (excludes halogenated alkanes) is 3. The molecular formula is C17H26. The quantitative estimate of drug-likeness (QED) is 0.574. The van der Waals surface area contributed by atoms with Gasteiger partial charge in [0, 0.05) is 0 Å². The van der Waals surface area contributed by atoms with Crippen molar-refractivity contribution in [3.63, 3.8) is 0 Å². The number of hydrogen-bond donors (Lipinski definition) is 0. The van der Waals surface area contributed by atoms with Crippen LogP contribution >= 0.6 is 0 Å². The SMILES string of the molecule is CCCCCCC1CCC(C)c2ccccc21. The molecule has 2 atom stereocenters. The van der Waals surface area contributed by atoms with Gasteiger partial charge in [-0.1, -0.05) is 63.8 Å². The van der Waals surface area contributed by atoms with E-state index in [-0.39, 0.29) is 0 Å². The lowest BCUT2D eigenvalue weighted by molar-refractivity contribution is 0.459. The molecule has 0 aliphatic heterocycles. The molecule has 0 spiro atoms. The summed E-state index contributed by atoms with van der Waals surface area (Å²) >= 11 is 0. The molecule has 0 saturated carbocycles. The summed E-state index contributed by atoms with van der Waals surface area (Å²) in [5.74, 6) is 1.62. The Hall–Kier alpha value is -0.780. The van der Waals surface area contributed by atoms with E-state index in [0.717, 1.165) is 11.8 Å². The zero-order valence-electron chi connectivity index (χ0n) is 11.4. The maximum atomic E-state index is 2.38. The molecule has 1 aliphatic rings. The van der Waals surface area contributed by atoms with Crippen molar-refractivity contribution in [2.45, 2.75) is 70.6 Å². The maximum absolute atomic E-state index is 2.38. The molecule has 2 unspecified atom stereocenters. The Bertz CT molecular complexity index is 340. The van der Waals surface area contributed by atoms with Crippen molar-refractivity contribution in [1.29, 1.82) is 0 Å². The minimum atomic E-state index is 0.776. The zero-order valence-corrected chi connectivity index (χ0v) is 11.4. The Kier molecular flexibility index (Phi) is 4.65. The van der Waals surface area contributed by atoms with E-state index >= 15 is 0 Å². The summed E-state index contributed by atoms with van der Waals surface area (Å²) in [6.07, 6.45) is 9.79. The van der Waals surface area contributed by atoms with Crippen molar-refractivity contribution in [1.82, 2.24) is 0 Å². The average molecular weight is 230 g/mol. The van der Waals surface area contributed by atoms with Crippen molar-refractivity contribution >= 4 is 0 Å². The fraction of sp³-hybridized carbons (Fsp3) is 0.647. The van der Waals surface area contributed by atoms with Crippen LogP contribution in [0.2, 0.25) is 0 Å². The van der Waals surface area contributed by atoms with Crippen LogP contribution in [0.5, 0.6) is 0 Å². The Morgan fingerprint density at radius 1 is 1.00 bits per heavy atom. The predicted molar refractivity (Wildman–Crippen MR) is 75.6 cm³/mol. The second kappa shape index (κ2) is 6.23. The van der Waals surface area contributed by atoms with Gasteiger partial charge in [0.2, 0.25) is 0 Å². The van der Waals surface area contributed by atoms with Gasteiger partial charge in [-0.05, 0) is 42.2 Å². The molecule has 0 fully saturated rings. The highest BCUT2D eigenvalue weighted by atomic mass is 14.3. The van der Waals surface area contributed by atoms with Crippen LogP contribution in [0.4, 0.5) is 0 Å². The predicted octanol–water partition coefficient (Wildman–Crippen LogP) is 5.64. The highest BCUT2D eigenvalue weighted by Crippen LogP contribution is 2.40. The van der Waals surface area contributed by atoms with Crippen LogP contribution in [-0.2, 0) is 0 Å². The van der Waals surface area contributed by atoms with Crippen LogP contribution in [0.25, 0.3) is 0 Å². The van der Waals surface area contributed by atoms with E-state index < -0.39 is 0 Å². The molecule has 0 heteroatoms. The lowest BCUT2D eigenvalue weighted by Crippen LogP contribution is -2.12. The third-order valence-electron chi connectivity index (χ3n) is 4.32. The fourth-order valence-electron chi connectivity index (χ4n) is 3.21. The molecule has 0 radical (unpaired) electrons. The molecule has 1 aromatic carbocycles. The van der Waals surface area contributed by atoms with Crippen molar-refractivity contribution in [3.05, 3.63) is 35.4 Å². The lowest BCUT2D eigenvalue weighted by atomic mass is 9.75. The summed E-state index contributed by atoms with van der Waals surface area (Å²) in [5, 5.41) is 0. The Labute approximate surface area is 106 Å². The van der Waals surface area contributed by atoms with E-state index in [4.69, 9.17) is 0 Å². The van der Waals surface area contributed by atoms with E-state index in [1.54, 1.807) is 11.1 Å². The minimum Gasteiger partial charge on any atom is -0.0654 e. The van der Waals surface area contributed by atoms with Crippen molar-refractivity contribution < 1.29 is 0 Å². The molecule has 0 N–H and O–H groups in total. The summed E-state index contributed by atoms with van der Waals surface area (Å²) in [6, 6.07) is 9.14. The standard InChI is InChI=1S/C17H26/c1-3-4-5-6-9-15-13-12-14(2)16-10-7-8-11-17(15)16/h7-8,10-11,14-15H,3-6,9,12-13H2,1-2H3. The van der Waals surface area contributed by atoms with Crippen LogP contribution in [0.15, 0.2) is 24.3 Å². The van der Waals surface area contributed by atoms with Crippen LogP contribution in [0, 0.1) is 0 Å². The third kappa shape index (κ3) is 3.12. The molecule has 2 rings (SSSR count). The third-order valence-corrected chi connectivity index (χ3v) is 4.32. The first-order chi connectivity index (χ1) is 8.33. The van der Waals surface area contributed by atoms with Crippen molar-refractivity contribution in [2.24, 2.45) is 0 Å². The Balaban J connectivity index is 1.98. The van der Waals surface area contributed by atoms with Crippen molar-refractivity contribution in [2.75, 3.05) is 0 Å². The molecular weight excluding hydrogens is 204 g/mol. The molecule has 94 valence electrons. The summed E-state index contributed by atoms with van der Waals surface area (Å²) in [5.41, 5.74) is 3.28. The maximum Gasteiger partial charge on any atom is -0.0159 e. The normalized spacial score (nSPS) is 23.4. The monoisotopic (exact) mass is 230 g/mol. The number of fused-ring (bicyclic) bond motifs is 1. The average Bonchev–Trinajstić information content (AvgIpc) is 2.37. The van der Waals surface area contributed by atoms with Gasteiger partial charge in [-0.2, -0.15) is 0 Å². The van der Waals surface area contributed by atoms with E-state index in [9.17, 15) is 0 Å². The first kappa shape index (κ1) is 12.7. The molecule has 17 heavy (non-hydrogen) atoms. The zero-order chi connectivity index (χ0) is 12.1. The van der Waals surface area contributed by atoms with Crippen LogP contribution in [0.1, 0.15) is 81.8 Å². The van der Waals surface area contributed by atoms with E-state index in [2.05, 4.69) is 38.1 Å². The fourth-order valence-corrected chi connectivity index (χ4v) is 3.21. The molecule has 0 saturated heterocycles. The number of hydrogen-bond acceptors (Lipinski definition) is 0. The van der Waals surface area contributed by atoms with Crippen LogP contribution in [-0.4, -0.2) is 0 Å². The highest BCUT2D eigenvalue weighted by Gasteiger charge is 2.23. The largest absolute Gasteiger partial charge is 0.0654 e. The molecule has 0 nitrogen and oxygen atoms in total. The molecule has 1 aromatic rings. The summed E-state index contributed by atoms with van der Waals surface area (Å²) < 4.78 is 0. The van der Waals surface area contributed by atoms with Gasteiger partial charge < -0.3 is 0 Å². The first-order valence-corrected chi connectivity index (χ1v) is 7.41. The first-order valence-electron chi connectivity index (χ1n) is 7.41. The summed E-state index contributed by atoms with van der Waals surface area (Å²) in [6.45, 7) is 4.67. The van der Waals surface area contributed by atoms with Gasteiger partial charge >= 0.3 is 0 Å². The van der Waals surface area contributed by atoms with Crippen molar-refractivity contribution in [3.8, 4) is 0 Å².